The molecule has 2 N–H and O–H groups in total. The van der Waals surface area contributed by atoms with Crippen molar-refractivity contribution >= 4 is 32.2 Å². The summed E-state index contributed by atoms with van der Waals surface area (Å²) in [4.78, 5) is 15.5. The molecule has 0 saturated heterocycles. The number of aromatic nitrogens is 3. The average molecular weight is 426 g/mol. The molecule has 1 aromatic carbocycles. The van der Waals surface area contributed by atoms with Gasteiger partial charge in [0.2, 0.25) is 0 Å². The molecule has 8 nitrogen and oxygen atoms in total. The minimum atomic E-state index is -3.36. The molecule has 0 spiro atoms. The molecular weight excluding hydrogens is 402 g/mol. The number of nitrogens with one attached hydrogen (secondary N) is 2. The minimum absolute atomic E-state index is 0.0755. The van der Waals surface area contributed by atoms with Crippen molar-refractivity contribution in [1.29, 1.82) is 5.26 Å². The number of rotatable bonds is 5. The molecule has 30 heavy (non-hydrogen) atoms. The quantitative estimate of drug-likeness (QED) is 0.645. The third-order valence-corrected chi connectivity index (χ3v) is 7.83. The van der Waals surface area contributed by atoms with Crippen LogP contribution in [0.5, 0.6) is 0 Å². The van der Waals surface area contributed by atoms with Crippen LogP contribution in [-0.2, 0) is 9.84 Å². The zero-order valence-corrected chi connectivity index (χ0v) is 17.6. The molecule has 0 bridgehead atoms. The van der Waals surface area contributed by atoms with Gasteiger partial charge in [-0.2, -0.15) is 10.4 Å². The molecular formula is C21H23N5O3S. The molecule has 1 aliphatic rings. The fourth-order valence-electron chi connectivity index (χ4n) is 3.96. The van der Waals surface area contributed by atoms with Gasteiger partial charge in [-0.15, -0.1) is 0 Å². The van der Waals surface area contributed by atoms with Crippen LogP contribution < -0.4 is 10.9 Å². The molecule has 0 radical (unpaired) electrons. The average Bonchev–Trinajstić information content (AvgIpc) is 3.33. The van der Waals surface area contributed by atoms with E-state index in [1.165, 1.54) is 0 Å². The second-order valence-electron chi connectivity index (χ2n) is 7.84. The smallest absolute Gasteiger partial charge is 0.261 e. The van der Waals surface area contributed by atoms with Crippen molar-refractivity contribution in [2.45, 2.75) is 49.3 Å². The molecule has 9 heteroatoms. The molecule has 3 aromatic rings. The van der Waals surface area contributed by atoms with Gasteiger partial charge in [-0.25, -0.2) is 8.42 Å². The SMILES string of the molecule is CC(C)S(=O)(=O)c1ccc(Nc2nn(C3CCCC3C#N)c3cc[nH]c(=O)c23)cc1. The third-order valence-electron chi connectivity index (χ3n) is 5.66. The van der Waals surface area contributed by atoms with Crippen LogP contribution >= 0.6 is 0 Å². The maximum atomic E-state index is 12.5. The number of hydrogen-bond donors (Lipinski definition) is 2. The molecule has 0 amide bonds. The lowest BCUT2D eigenvalue weighted by molar-refractivity contribution is 0.423. The van der Waals surface area contributed by atoms with Crippen molar-refractivity contribution in [3.05, 3.63) is 46.9 Å². The zero-order chi connectivity index (χ0) is 21.5. The Labute approximate surface area is 174 Å². The largest absolute Gasteiger partial charge is 0.338 e. The van der Waals surface area contributed by atoms with Gasteiger partial charge in [0.1, 0.15) is 5.39 Å². The number of pyridine rings is 1. The lowest BCUT2D eigenvalue weighted by Gasteiger charge is -2.15. The van der Waals surface area contributed by atoms with Crippen molar-refractivity contribution in [3.8, 4) is 6.07 Å². The standard InChI is InChI=1S/C21H23N5O3S/c1-13(2)30(28,29)16-8-6-15(7-9-16)24-20-19-18(10-11-23-21(19)27)26(25-20)17-5-3-4-14(17)12-22/h6-11,13-14,17H,3-5H2,1-2H3,(H,23,27)(H,24,25). The van der Waals surface area contributed by atoms with Crippen molar-refractivity contribution in [3.63, 3.8) is 0 Å². The Morgan fingerprint density at radius 2 is 1.97 bits per heavy atom. The first-order chi connectivity index (χ1) is 14.3. The highest BCUT2D eigenvalue weighted by atomic mass is 32.2. The van der Waals surface area contributed by atoms with Crippen LogP contribution in [0.15, 0.2) is 46.2 Å². The van der Waals surface area contributed by atoms with Gasteiger partial charge < -0.3 is 10.3 Å². The van der Waals surface area contributed by atoms with Crippen LogP contribution in [0, 0.1) is 17.2 Å². The van der Waals surface area contributed by atoms with E-state index in [-0.39, 0.29) is 22.4 Å². The first kappa shape index (κ1) is 20.2. The van der Waals surface area contributed by atoms with E-state index < -0.39 is 15.1 Å². The van der Waals surface area contributed by atoms with Crippen LogP contribution in [-0.4, -0.2) is 28.4 Å². The van der Waals surface area contributed by atoms with Gasteiger partial charge in [-0.1, -0.05) is 0 Å². The van der Waals surface area contributed by atoms with Gasteiger partial charge in [-0.3, -0.25) is 9.48 Å². The van der Waals surface area contributed by atoms with Gasteiger partial charge in [0.05, 0.1) is 33.7 Å². The molecule has 1 saturated carbocycles. The molecule has 2 atom stereocenters. The summed E-state index contributed by atoms with van der Waals surface area (Å²) in [7, 11) is -3.36. The van der Waals surface area contributed by atoms with Crippen molar-refractivity contribution in [2.75, 3.05) is 5.32 Å². The van der Waals surface area contributed by atoms with Gasteiger partial charge in [0.15, 0.2) is 15.7 Å². The maximum absolute atomic E-state index is 12.5. The molecule has 2 unspecified atom stereocenters. The predicted octanol–water partition coefficient (Wildman–Crippen LogP) is 3.52. The Morgan fingerprint density at radius 3 is 2.63 bits per heavy atom. The number of nitriles is 1. The lowest BCUT2D eigenvalue weighted by atomic mass is 10.1. The summed E-state index contributed by atoms with van der Waals surface area (Å²) in [5.74, 6) is 0.246. The highest BCUT2D eigenvalue weighted by molar-refractivity contribution is 7.92. The van der Waals surface area contributed by atoms with E-state index in [1.54, 1.807) is 55.1 Å². The van der Waals surface area contributed by atoms with Gasteiger partial charge in [0.25, 0.3) is 5.56 Å². The molecule has 0 aliphatic heterocycles. The Balaban J connectivity index is 1.74. The second-order valence-corrected chi connectivity index (χ2v) is 10.3. The number of H-pyrrole nitrogens is 1. The molecule has 4 rings (SSSR count). The van der Waals surface area contributed by atoms with E-state index in [2.05, 4.69) is 21.5 Å². The predicted molar refractivity (Wildman–Crippen MR) is 114 cm³/mol. The maximum Gasteiger partial charge on any atom is 0.261 e. The Hall–Kier alpha value is -3.12. The van der Waals surface area contributed by atoms with Crippen LogP contribution in [0.2, 0.25) is 0 Å². The summed E-state index contributed by atoms with van der Waals surface area (Å²) >= 11 is 0. The molecule has 2 heterocycles. The lowest BCUT2D eigenvalue weighted by Crippen LogP contribution is -2.14. The van der Waals surface area contributed by atoms with E-state index in [1.807, 2.05) is 0 Å². The highest BCUT2D eigenvalue weighted by Gasteiger charge is 2.31. The van der Waals surface area contributed by atoms with E-state index >= 15 is 0 Å². The second kappa shape index (κ2) is 7.61. The van der Waals surface area contributed by atoms with Crippen LogP contribution in [0.3, 0.4) is 0 Å². The van der Waals surface area contributed by atoms with E-state index in [0.717, 1.165) is 19.3 Å². The Bertz CT molecular complexity index is 1280. The van der Waals surface area contributed by atoms with Gasteiger partial charge in [-0.05, 0) is 63.4 Å². The van der Waals surface area contributed by atoms with Crippen LogP contribution in [0.4, 0.5) is 11.5 Å². The highest BCUT2D eigenvalue weighted by Crippen LogP contribution is 2.38. The summed E-state index contributed by atoms with van der Waals surface area (Å²) < 4.78 is 26.4. The Kier molecular flexibility index (Phi) is 5.12. The molecule has 156 valence electrons. The summed E-state index contributed by atoms with van der Waals surface area (Å²) in [6.07, 6.45) is 4.18. The number of aromatic amines is 1. The number of benzene rings is 1. The number of fused-ring (bicyclic) bond motifs is 1. The molecule has 2 aromatic heterocycles. The van der Waals surface area contributed by atoms with Crippen molar-refractivity contribution in [2.24, 2.45) is 5.92 Å². The van der Waals surface area contributed by atoms with Crippen molar-refractivity contribution in [1.82, 2.24) is 14.8 Å². The Morgan fingerprint density at radius 1 is 1.23 bits per heavy atom. The number of anilines is 2. The monoisotopic (exact) mass is 425 g/mol. The van der Waals surface area contributed by atoms with Gasteiger partial charge >= 0.3 is 0 Å². The topological polar surface area (TPSA) is 121 Å². The summed E-state index contributed by atoms with van der Waals surface area (Å²) in [5.41, 5.74) is 1.02. The number of sulfone groups is 1. The molecule has 1 fully saturated rings. The number of hydrogen-bond acceptors (Lipinski definition) is 6. The summed E-state index contributed by atoms with van der Waals surface area (Å²) in [6.45, 7) is 3.29. The fraction of sp³-hybridized carbons (Fsp3) is 0.381. The van der Waals surface area contributed by atoms with Crippen LogP contribution in [0.25, 0.3) is 10.9 Å². The first-order valence-corrected chi connectivity index (χ1v) is 11.5. The molecule has 1 aliphatic carbocycles. The van der Waals surface area contributed by atoms with Gasteiger partial charge in [0, 0.05) is 11.9 Å². The fourth-order valence-corrected chi connectivity index (χ4v) is 5.02. The van der Waals surface area contributed by atoms with Crippen molar-refractivity contribution < 1.29 is 8.42 Å². The number of nitrogens with zero attached hydrogens (tertiary/aromatic N) is 3. The minimum Gasteiger partial charge on any atom is -0.338 e. The van der Waals surface area contributed by atoms with E-state index in [0.29, 0.717) is 22.4 Å². The van der Waals surface area contributed by atoms with E-state index in [4.69, 9.17) is 0 Å². The first-order valence-electron chi connectivity index (χ1n) is 9.93. The third kappa shape index (κ3) is 3.37. The normalized spacial score (nSPS) is 19.3. The van der Waals surface area contributed by atoms with E-state index in [9.17, 15) is 18.5 Å². The zero-order valence-electron chi connectivity index (χ0n) is 16.8. The van der Waals surface area contributed by atoms with Crippen LogP contribution in [0.1, 0.15) is 39.2 Å². The summed E-state index contributed by atoms with van der Waals surface area (Å²) in [5, 5.41) is 17.2. The summed E-state index contributed by atoms with van der Waals surface area (Å²) in [6, 6.07) is 10.5.